The molecule has 0 aromatic heterocycles. The van der Waals surface area contributed by atoms with Crippen LogP contribution in [-0.4, -0.2) is 23.9 Å². The molecule has 0 unspecified atom stereocenters. The minimum atomic E-state index is -0.508. The van der Waals surface area contributed by atoms with Gasteiger partial charge in [-0.15, -0.1) is 0 Å². The van der Waals surface area contributed by atoms with E-state index in [1.165, 1.54) is 12.1 Å². The van der Waals surface area contributed by atoms with E-state index in [0.717, 1.165) is 6.42 Å². The number of nitro groups is 1. The first-order chi connectivity index (χ1) is 8.49. The maximum Gasteiger partial charge on any atom is 0.293 e. The quantitative estimate of drug-likeness (QED) is 0.620. The van der Waals surface area contributed by atoms with Crippen LogP contribution in [0.5, 0.6) is 0 Å². The molecule has 0 aliphatic heterocycles. The Morgan fingerprint density at radius 1 is 1.50 bits per heavy atom. The largest absolute Gasteiger partial charge is 0.383 e. The van der Waals surface area contributed by atoms with Crippen molar-refractivity contribution in [2.45, 2.75) is 26.3 Å². The second kappa shape index (κ2) is 6.00. The molecule has 0 saturated heterocycles. The molecular weight excluding hydrogens is 234 g/mol. The second-order valence-electron chi connectivity index (χ2n) is 4.02. The fourth-order valence-electron chi connectivity index (χ4n) is 1.44. The first-order valence-corrected chi connectivity index (χ1v) is 5.76. The maximum absolute atomic E-state index is 11.8. The second-order valence-corrected chi connectivity index (χ2v) is 4.02. The Labute approximate surface area is 106 Å². The van der Waals surface area contributed by atoms with Crippen LogP contribution in [0.3, 0.4) is 0 Å². The van der Waals surface area contributed by atoms with Gasteiger partial charge in [0.25, 0.3) is 11.6 Å². The third-order valence-corrected chi connectivity index (χ3v) is 2.72. The fraction of sp³-hybridized carbons (Fsp3) is 0.417. The number of hydrogen-bond acceptors (Lipinski definition) is 4. The number of carbonyl (C=O) groups excluding carboxylic acids is 1. The van der Waals surface area contributed by atoms with E-state index in [-0.39, 0.29) is 17.6 Å². The summed E-state index contributed by atoms with van der Waals surface area (Å²) in [4.78, 5) is 22.2. The summed E-state index contributed by atoms with van der Waals surface area (Å²) in [6, 6.07) is 4.42. The molecule has 1 rings (SSSR count). The summed E-state index contributed by atoms with van der Waals surface area (Å²) in [6.07, 6.45) is 0.808. The van der Waals surface area contributed by atoms with Crippen molar-refractivity contribution >= 4 is 17.3 Å². The molecule has 0 aliphatic carbocycles. The van der Waals surface area contributed by atoms with Crippen molar-refractivity contribution < 1.29 is 9.72 Å². The number of nitrogens with one attached hydrogen (secondary N) is 2. The summed E-state index contributed by atoms with van der Waals surface area (Å²) in [5.74, 6) is -0.296. The molecule has 0 fully saturated rings. The average molecular weight is 251 g/mol. The van der Waals surface area contributed by atoms with Gasteiger partial charge in [-0.1, -0.05) is 6.92 Å². The van der Waals surface area contributed by atoms with Gasteiger partial charge < -0.3 is 10.6 Å². The van der Waals surface area contributed by atoms with Gasteiger partial charge in [-0.3, -0.25) is 14.9 Å². The fourth-order valence-corrected chi connectivity index (χ4v) is 1.44. The molecule has 0 radical (unpaired) electrons. The molecule has 0 bridgehead atoms. The molecule has 0 saturated carbocycles. The Balaban J connectivity index is 3.01. The number of rotatable bonds is 5. The molecule has 0 heterocycles. The zero-order valence-electron chi connectivity index (χ0n) is 10.7. The lowest BCUT2D eigenvalue weighted by molar-refractivity contribution is -0.384. The zero-order valence-corrected chi connectivity index (χ0v) is 10.7. The Kier molecular flexibility index (Phi) is 4.65. The van der Waals surface area contributed by atoms with Gasteiger partial charge >= 0.3 is 0 Å². The average Bonchev–Trinajstić information content (AvgIpc) is 2.37. The standard InChI is InChI=1S/C12H17N3O3/c1-4-8(2)14-12(16)9-5-6-10(13-3)11(7-9)15(17)18/h5-8,13H,4H2,1-3H3,(H,14,16)/t8-/m0/s1. The first-order valence-electron chi connectivity index (χ1n) is 5.76. The van der Waals surface area contributed by atoms with Crippen molar-refractivity contribution in [1.29, 1.82) is 0 Å². The van der Waals surface area contributed by atoms with Crippen LogP contribution in [0.25, 0.3) is 0 Å². The highest BCUT2D eigenvalue weighted by Gasteiger charge is 2.17. The Morgan fingerprint density at radius 3 is 2.67 bits per heavy atom. The summed E-state index contributed by atoms with van der Waals surface area (Å²) >= 11 is 0. The summed E-state index contributed by atoms with van der Waals surface area (Å²) in [7, 11) is 1.60. The number of benzene rings is 1. The Morgan fingerprint density at radius 2 is 2.17 bits per heavy atom. The molecule has 6 nitrogen and oxygen atoms in total. The van der Waals surface area contributed by atoms with Gasteiger partial charge in [0.2, 0.25) is 0 Å². The minimum Gasteiger partial charge on any atom is -0.383 e. The molecule has 0 aliphatic rings. The van der Waals surface area contributed by atoms with Crippen molar-refractivity contribution in [2.75, 3.05) is 12.4 Å². The number of carbonyl (C=O) groups is 1. The molecular formula is C12H17N3O3. The Bertz CT molecular complexity index is 460. The maximum atomic E-state index is 11.8. The third kappa shape index (κ3) is 3.19. The summed E-state index contributed by atoms with van der Waals surface area (Å²) in [6.45, 7) is 3.84. The van der Waals surface area contributed by atoms with Gasteiger partial charge in [0.15, 0.2) is 0 Å². The SMILES string of the molecule is CC[C@H](C)NC(=O)c1ccc(NC)c([N+](=O)[O-])c1. The minimum absolute atomic E-state index is 0.0422. The van der Waals surface area contributed by atoms with Crippen LogP contribution in [0.4, 0.5) is 11.4 Å². The van der Waals surface area contributed by atoms with Crippen LogP contribution in [0.15, 0.2) is 18.2 Å². The predicted octanol–water partition coefficient (Wildman–Crippen LogP) is 2.16. The van der Waals surface area contributed by atoms with Gasteiger partial charge in [-0.2, -0.15) is 0 Å². The lowest BCUT2D eigenvalue weighted by Gasteiger charge is -2.11. The summed E-state index contributed by atoms with van der Waals surface area (Å²) < 4.78 is 0. The van der Waals surface area contributed by atoms with Crippen LogP contribution >= 0.6 is 0 Å². The number of nitro benzene ring substituents is 1. The smallest absolute Gasteiger partial charge is 0.293 e. The van der Waals surface area contributed by atoms with Crippen molar-refractivity contribution in [2.24, 2.45) is 0 Å². The predicted molar refractivity (Wildman–Crippen MR) is 69.9 cm³/mol. The van der Waals surface area contributed by atoms with Gasteiger partial charge in [-0.05, 0) is 25.5 Å². The summed E-state index contributed by atoms with van der Waals surface area (Å²) in [5.41, 5.74) is 0.579. The number of anilines is 1. The molecule has 6 heteroatoms. The van der Waals surface area contributed by atoms with E-state index in [9.17, 15) is 14.9 Å². The first kappa shape index (κ1) is 14.0. The molecule has 18 heavy (non-hydrogen) atoms. The van der Waals surface area contributed by atoms with Crippen LogP contribution in [-0.2, 0) is 0 Å². The van der Waals surface area contributed by atoms with E-state index in [2.05, 4.69) is 10.6 Å². The summed E-state index contributed by atoms with van der Waals surface area (Å²) in [5, 5.41) is 16.4. The molecule has 2 N–H and O–H groups in total. The topological polar surface area (TPSA) is 84.3 Å². The van der Waals surface area contributed by atoms with Crippen LogP contribution in [0, 0.1) is 10.1 Å². The van der Waals surface area contributed by atoms with Gasteiger partial charge in [-0.25, -0.2) is 0 Å². The molecule has 1 aromatic rings. The van der Waals surface area contributed by atoms with Crippen LogP contribution < -0.4 is 10.6 Å². The highest BCUT2D eigenvalue weighted by atomic mass is 16.6. The van der Waals surface area contributed by atoms with Crippen LogP contribution in [0.2, 0.25) is 0 Å². The zero-order chi connectivity index (χ0) is 13.7. The number of nitrogens with zero attached hydrogens (tertiary/aromatic N) is 1. The third-order valence-electron chi connectivity index (χ3n) is 2.72. The number of amides is 1. The molecule has 1 atom stereocenters. The monoisotopic (exact) mass is 251 g/mol. The molecule has 0 spiro atoms. The Hall–Kier alpha value is -2.11. The van der Waals surface area contributed by atoms with E-state index in [4.69, 9.17) is 0 Å². The van der Waals surface area contributed by atoms with Crippen molar-refractivity contribution in [3.63, 3.8) is 0 Å². The highest BCUT2D eigenvalue weighted by Crippen LogP contribution is 2.24. The van der Waals surface area contributed by atoms with Crippen molar-refractivity contribution in [3.05, 3.63) is 33.9 Å². The molecule has 98 valence electrons. The van der Waals surface area contributed by atoms with Gasteiger partial charge in [0, 0.05) is 24.7 Å². The van der Waals surface area contributed by atoms with Crippen molar-refractivity contribution in [1.82, 2.24) is 5.32 Å². The van der Waals surface area contributed by atoms with E-state index in [0.29, 0.717) is 11.3 Å². The van der Waals surface area contributed by atoms with Gasteiger partial charge in [0.05, 0.1) is 4.92 Å². The van der Waals surface area contributed by atoms with E-state index in [1.807, 2.05) is 13.8 Å². The number of hydrogen-bond donors (Lipinski definition) is 2. The molecule has 1 aromatic carbocycles. The van der Waals surface area contributed by atoms with E-state index in [1.54, 1.807) is 13.1 Å². The lowest BCUT2D eigenvalue weighted by atomic mass is 10.1. The van der Waals surface area contributed by atoms with E-state index < -0.39 is 4.92 Å². The molecule has 1 amide bonds. The van der Waals surface area contributed by atoms with E-state index >= 15 is 0 Å². The van der Waals surface area contributed by atoms with Crippen molar-refractivity contribution in [3.8, 4) is 0 Å². The normalized spacial score (nSPS) is 11.7. The van der Waals surface area contributed by atoms with Gasteiger partial charge in [0.1, 0.15) is 5.69 Å². The lowest BCUT2D eigenvalue weighted by Crippen LogP contribution is -2.31. The highest BCUT2D eigenvalue weighted by molar-refractivity contribution is 5.95. The van der Waals surface area contributed by atoms with Crippen LogP contribution in [0.1, 0.15) is 30.6 Å².